The summed E-state index contributed by atoms with van der Waals surface area (Å²) < 4.78 is 21.0. The number of hydrogen-bond acceptors (Lipinski definition) is 6. The molecular weight excluding hydrogens is 407 g/mol. The maximum Gasteiger partial charge on any atom is 0.208 e. The highest BCUT2D eigenvalue weighted by Crippen LogP contribution is 2.50. The Morgan fingerprint density at radius 1 is 1.06 bits per heavy atom. The zero-order valence-electron chi connectivity index (χ0n) is 19.0. The molecule has 0 aromatic carbocycles. The van der Waals surface area contributed by atoms with Crippen LogP contribution in [0.3, 0.4) is 0 Å². The van der Waals surface area contributed by atoms with E-state index in [1.54, 1.807) is 0 Å². The van der Waals surface area contributed by atoms with E-state index >= 15 is 4.39 Å². The number of piperidine rings is 1. The lowest BCUT2D eigenvalue weighted by Crippen LogP contribution is -2.42. The van der Waals surface area contributed by atoms with E-state index in [0.717, 1.165) is 76.3 Å². The van der Waals surface area contributed by atoms with Crippen LogP contribution in [-0.4, -0.2) is 46.5 Å². The number of H-pyrrole nitrogens is 1. The van der Waals surface area contributed by atoms with Gasteiger partial charge in [0.2, 0.25) is 5.82 Å². The zero-order valence-corrected chi connectivity index (χ0v) is 19.0. The van der Waals surface area contributed by atoms with Crippen molar-refractivity contribution in [2.45, 2.75) is 64.2 Å². The minimum absolute atomic E-state index is 0.249. The number of nitrogens with zero attached hydrogens (tertiary/aromatic N) is 4. The highest BCUT2D eigenvalue weighted by atomic mass is 19.1. The number of aromatic nitrogens is 4. The fourth-order valence-electron chi connectivity index (χ4n) is 5.60. The van der Waals surface area contributed by atoms with Gasteiger partial charge < -0.3 is 15.0 Å². The number of aromatic amines is 1. The molecule has 172 valence electrons. The smallest absolute Gasteiger partial charge is 0.208 e. The SMILES string of the molecule is CC1(C)CC(c2cc(Nc3nc(C4CC4)nc(N4CCC(C5COC5)CC4)c3F)n[nH]2)C1. The molecule has 8 heteroatoms. The number of hydrogen-bond donors (Lipinski definition) is 2. The molecule has 6 rings (SSSR count). The van der Waals surface area contributed by atoms with Crippen molar-refractivity contribution in [3.8, 4) is 0 Å². The monoisotopic (exact) mass is 440 g/mol. The van der Waals surface area contributed by atoms with Crippen molar-refractivity contribution >= 4 is 17.5 Å². The van der Waals surface area contributed by atoms with Gasteiger partial charge in [-0.15, -0.1) is 0 Å². The van der Waals surface area contributed by atoms with E-state index in [9.17, 15) is 0 Å². The molecule has 2 aromatic rings. The van der Waals surface area contributed by atoms with E-state index in [2.05, 4.69) is 44.2 Å². The van der Waals surface area contributed by atoms with E-state index in [-0.39, 0.29) is 11.6 Å². The third kappa shape index (κ3) is 3.87. The van der Waals surface area contributed by atoms with E-state index < -0.39 is 0 Å². The third-order valence-electron chi connectivity index (χ3n) is 7.85. The first-order chi connectivity index (χ1) is 15.4. The number of rotatable bonds is 6. The van der Waals surface area contributed by atoms with Gasteiger partial charge in [0, 0.05) is 42.6 Å². The molecule has 0 amide bonds. The lowest BCUT2D eigenvalue weighted by Gasteiger charge is -2.42. The lowest BCUT2D eigenvalue weighted by molar-refractivity contribution is -0.0651. The molecule has 2 aliphatic carbocycles. The first-order valence-electron chi connectivity index (χ1n) is 12.2. The topological polar surface area (TPSA) is 79.0 Å². The van der Waals surface area contributed by atoms with Gasteiger partial charge in [-0.3, -0.25) is 5.10 Å². The normalized spacial score (nSPS) is 24.3. The standard InChI is InChI=1S/C24H33FN6O/c1-24(2)10-16(11-24)18-9-19(30-29-18)26-22-20(25)23(28-21(27-22)15-3-4-15)31-7-5-14(6-8-31)17-12-32-13-17/h9,14-17H,3-8,10-13H2,1-2H3,(H2,26,27,28,29,30). The Bertz CT molecular complexity index is 982. The molecule has 7 nitrogen and oxygen atoms in total. The van der Waals surface area contributed by atoms with Gasteiger partial charge in [0.15, 0.2) is 17.5 Å². The second kappa shape index (κ2) is 7.68. The average molecular weight is 441 g/mol. The van der Waals surface area contributed by atoms with Gasteiger partial charge in [0.05, 0.1) is 13.2 Å². The minimum atomic E-state index is -0.367. The van der Waals surface area contributed by atoms with Crippen molar-refractivity contribution in [3.63, 3.8) is 0 Å². The summed E-state index contributed by atoms with van der Waals surface area (Å²) in [6, 6.07) is 2.00. The predicted molar refractivity (Wildman–Crippen MR) is 121 cm³/mol. The Hall–Kier alpha value is -2.22. The number of anilines is 3. The van der Waals surface area contributed by atoms with Crippen LogP contribution in [0.1, 0.15) is 75.7 Å². The second-order valence-electron chi connectivity index (χ2n) is 11.1. The molecule has 2 aromatic heterocycles. The predicted octanol–water partition coefficient (Wildman–Crippen LogP) is 4.73. The van der Waals surface area contributed by atoms with E-state index in [4.69, 9.17) is 4.74 Å². The Morgan fingerprint density at radius 2 is 1.81 bits per heavy atom. The largest absolute Gasteiger partial charge is 0.381 e. The number of nitrogens with one attached hydrogen (secondary N) is 2. The molecule has 2 saturated carbocycles. The van der Waals surface area contributed by atoms with Gasteiger partial charge in [0.25, 0.3) is 0 Å². The maximum atomic E-state index is 15.6. The molecule has 0 radical (unpaired) electrons. The molecule has 2 aliphatic heterocycles. The van der Waals surface area contributed by atoms with Crippen LogP contribution in [0.4, 0.5) is 21.8 Å². The summed E-state index contributed by atoms with van der Waals surface area (Å²) >= 11 is 0. The van der Waals surface area contributed by atoms with Crippen molar-refractivity contribution in [3.05, 3.63) is 23.4 Å². The van der Waals surface area contributed by atoms with E-state index in [1.165, 1.54) is 0 Å². The quantitative estimate of drug-likeness (QED) is 0.676. The highest BCUT2D eigenvalue weighted by molar-refractivity contribution is 5.59. The van der Waals surface area contributed by atoms with Gasteiger partial charge >= 0.3 is 0 Å². The molecule has 2 saturated heterocycles. The summed E-state index contributed by atoms with van der Waals surface area (Å²) in [6.07, 6.45) is 6.60. The summed E-state index contributed by atoms with van der Waals surface area (Å²) in [5.74, 6) is 3.94. The zero-order chi connectivity index (χ0) is 21.9. The van der Waals surface area contributed by atoms with E-state index in [1.807, 2.05) is 6.07 Å². The molecule has 4 fully saturated rings. The Labute approximate surface area is 188 Å². The third-order valence-corrected chi connectivity index (χ3v) is 7.85. The van der Waals surface area contributed by atoms with Crippen LogP contribution in [0.15, 0.2) is 6.07 Å². The fraction of sp³-hybridized carbons (Fsp3) is 0.708. The summed E-state index contributed by atoms with van der Waals surface area (Å²) in [6.45, 7) is 8.02. The molecule has 0 spiro atoms. The van der Waals surface area contributed by atoms with Crippen molar-refractivity contribution < 1.29 is 9.13 Å². The minimum Gasteiger partial charge on any atom is -0.381 e. The molecule has 32 heavy (non-hydrogen) atoms. The van der Waals surface area contributed by atoms with Crippen molar-refractivity contribution in [1.29, 1.82) is 0 Å². The van der Waals surface area contributed by atoms with Gasteiger partial charge in [-0.05, 0) is 49.9 Å². The first-order valence-corrected chi connectivity index (χ1v) is 12.2. The Kier molecular flexibility index (Phi) is 4.89. The van der Waals surface area contributed by atoms with Gasteiger partial charge in [-0.25, -0.2) is 9.97 Å². The molecule has 0 unspecified atom stereocenters. The van der Waals surface area contributed by atoms with Crippen LogP contribution in [0.25, 0.3) is 0 Å². The Balaban J connectivity index is 1.20. The maximum absolute atomic E-state index is 15.6. The number of ether oxygens (including phenoxy) is 1. The summed E-state index contributed by atoms with van der Waals surface area (Å²) in [5, 5.41) is 10.7. The van der Waals surface area contributed by atoms with Crippen molar-refractivity contribution in [2.24, 2.45) is 17.3 Å². The second-order valence-corrected chi connectivity index (χ2v) is 11.1. The molecule has 4 heterocycles. The summed E-state index contributed by atoms with van der Waals surface area (Å²) in [4.78, 5) is 11.4. The van der Waals surface area contributed by atoms with Gasteiger partial charge in [-0.1, -0.05) is 13.8 Å². The summed E-state index contributed by atoms with van der Waals surface area (Å²) in [5.41, 5.74) is 1.51. The van der Waals surface area contributed by atoms with Crippen LogP contribution in [-0.2, 0) is 4.74 Å². The van der Waals surface area contributed by atoms with Gasteiger partial charge in [0.1, 0.15) is 5.82 Å². The lowest BCUT2D eigenvalue weighted by atomic mass is 9.63. The van der Waals surface area contributed by atoms with Crippen LogP contribution in [0.2, 0.25) is 0 Å². The van der Waals surface area contributed by atoms with Crippen molar-refractivity contribution in [1.82, 2.24) is 20.2 Å². The molecule has 0 bridgehead atoms. The van der Waals surface area contributed by atoms with E-state index in [0.29, 0.717) is 40.7 Å². The fourth-order valence-corrected chi connectivity index (χ4v) is 5.60. The molecular formula is C24H33FN6O. The Morgan fingerprint density at radius 3 is 2.44 bits per heavy atom. The average Bonchev–Trinajstić information content (AvgIpc) is 3.46. The van der Waals surface area contributed by atoms with Crippen LogP contribution in [0.5, 0.6) is 0 Å². The van der Waals surface area contributed by atoms with Crippen molar-refractivity contribution in [2.75, 3.05) is 36.5 Å². The van der Waals surface area contributed by atoms with Crippen LogP contribution < -0.4 is 10.2 Å². The van der Waals surface area contributed by atoms with Crippen LogP contribution >= 0.6 is 0 Å². The van der Waals surface area contributed by atoms with Gasteiger partial charge in [-0.2, -0.15) is 9.49 Å². The van der Waals surface area contributed by atoms with Crippen LogP contribution in [0, 0.1) is 23.1 Å². The first kappa shape index (κ1) is 20.4. The number of halogens is 1. The molecule has 2 N–H and O–H groups in total. The molecule has 0 atom stereocenters. The highest BCUT2D eigenvalue weighted by Gasteiger charge is 2.38. The molecule has 4 aliphatic rings. The summed E-state index contributed by atoms with van der Waals surface area (Å²) in [7, 11) is 0.